The highest BCUT2D eigenvalue weighted by molar-refractivity contribution is 7.48. The second-order valence-electron chi connectivity index (χ2n) is 5.86. The van der Waals surface area contributed by atoms with Gasteiger partial charge >= 0.3 is 0 Å². The zero-order valence-corrected chi connectivity index (χ0v) is 17.1. The SMILES string of the molecule is CCCCCP(=O)([O-])[O-].CCn1cc[n+](C)c1.CCn1cc[n+](C)c1. The summed E-state index contributed by atoms with van der Waals surface area (Å²) in [6.07, 6.45) is 14.4. The van der Waals surface area contributed by atoms with Gasteiger partial charge < -0.3 is 14.4 Å². The molecule has 0 aliphatic heterocycles. The summed E-state index contributed by atoms with van der Waals surface area (Å²) in [6, 6.07) is 0. The second-order valence-corrected chi connectivity index (χ2v) is 7.53. The van der Waals surface area contributed by atoms with E-state index in [1.54, 1.807) is 0 Å². The summed E-state index contributed by atoms with van der Waals surface area (Å²) in [5, 5.41) is 0. The van der Waals surface area contributed by atoms with Gasteiger partial charge in [0.05, 0.1) is 27.2 Å². The molecule has 0 atom stereocenters. The molecule has 2 heterocycles. The van der Waals surface area contributed by atoms with Crippen LogP contribution in [0.4, 0.5) is 0 Å². The number of hydrogen-bond donors (Lipinski definition) is 0. The van der Waals surface area contributed by atoms with E-state index >= 15 is 0 Å². The van der Waals surface area contributed by atoms with E-state index in [4.69, 9.17) is 0 Å². The molecule has 0 fully saturated rings. The molecular formula is C17H33N4O3P. The Balaban J connectivity index is 0.000000346. The van der Waals surface area contributed by atoms with Gasteiger partial charge in [-0.2, -0.15) is 0 Å². The number of nitrogens with zero attached hydrogens (tertiary/aromatic N) is 4. The Morgan fingerprint density at radius 1 is 0.880 bits per heavy atom. The van der Waals surface area contributed by atoms with E-state index in [-0.39, 0.29) is 6.16 Å². The molecule has 0 spiro atoms. The number of rotatable bonds is 6. The minimum Gasteiger partial charge on any atom is -0.811 e. The number of imidazole rings is 2. The minimum absolute atomic E-state index is 0.180. The summed E-state index contributed by atoms with van der Waals surface area (Å²) in [5.41, 5.74) is 0. The van der Waals surface area contributed by atoms with E-state index in [1.165, 1.54) is 0 Å². The van der Waals surface area contributed by atoms with Crippen LogP contribution in [0.2, 0.25) is 0 Å². The van der Waals surface area contributed by atoms with Gasteiger partial charge in [-0.25, -0.2) is 18.3 Å². The Labute approximate surface area is 151 Å². The molecule has 0 aliphatic rings. The number of aromatic nitrogens is 4. The summed E-state index contributed by atoms with van der Waals surface area (Å²) < 4.78 is 18.3. The Morgan fingerprint density at radius 3 is 1.52 bits per heavy atom. The standard InChI is InChI=1S/2C6H11N2.C5H13O3P/c2*1-3-8-5-4-7(2)6-8;1-2-3-4-5-9(6,7)8/h2*4-6H,3H2,1-2H3;2-5H2,1H3,(H2,6,7,8)/q2*+1;/p-2. The monoisotopic (exact) mass is 372 g/mol. The molecule has 25 heavy (non-hydrogen) atoms. The van der Waals surface area contributed by atoms with Crippen molar-refractivity contribution in [1.29, 1.82) is 0 Å². The van der Waals surface area contributed by atoms with Crippen LogP contribution in [0.15, 0.2) is 37.4 Å². The highest BCUT2D eigenvalue weighted by Gasteiger charge is 1.93. The molecule has 8 heteroatoms. The van der Waals surface area contributed by atoms with Gasteiger partial charge in [-0.1, -0.05) is 27.4 Å². The van der Waals surface area contributed by atoms with Crippen molar-refractivity contribution in [3.05, 3.63) is 37.4 Å². The van der Waals surface area contributed by atoms with Crippen LogP contribution in [0.3, 0.4) is 0 Å². The minimum atomic E-state index is -4.20. The van der Waals surface area contributed by atoms with Crippen molar-refractivity contribution in [2.45, 2.75) is 53.1 Å². The van der Waals surface area contributed by atoms with E-state index in [0.717, 1.165) is 25.9 Å². The van der Waals surface area contributed by atoms with Crippen LogP contribution in [0.5, 0.6) is 0 Å². The van der Waals surface area contributed by atoms with Crippen LogP contribution in [0.25, 0.3) is 0 Å². The van der Waals surface area contributed by atoms with Crippen LogP contribution >= 0.6 is 7.60 Å². The number of unbranched alkanes of at least 4 members (excludes halogenated alkanes) is 2. The van der Waals surface area contributed by atoms with Crippen LogP contribution in [0.1, 0.15) is 40.0 Å². The molecule has 7 nitrogen and oxygen atoms in total. The normalized spacial score (nSPS) is 10.5. The first kappa shape index (κ1) is 23.6. The molecule has 0 N–H and O–H groups in total. The maximum Gasteiger partial charge on any atom is 0.243 e. The zero-order valence-electron chi connectivity index (χ0n) is 16.2. The van der Waals surface area contributed by atoms with Crippen molar-refractivity contribution >= 4 is 7.60 Å². The van der Waals surface area contributed by atoms with Crippen molar-refractivity contribution < 1.29 is 23.5 Å². The first-order chi connectivity index (χ1) is 11.7. The molecule has 2 rings (SSSR count). The van der Waals surface area contributed by atoms with Crippen LogP contribution in [0, 0.1) is 0 Å². The lowest BCUT2D eigenvalue weighted by Gasteiger charge is -2.29. The smallest absolute Gasteiger partial charge is 0.243 e. The lowest BCUT2D eigenvalue weighted by Crippen LogP contribution is -2.23. The topological polar surface area (TPSA) is 80.8 Å². The predicted molar refractivity (Wildman–Crippen MR) is 94.6 cm³/mol. The third-order valence-corrected chi connectivity index (χ3v) is 4.28. The van der Waals surface area contributed by atoms with Gasteiger partial charge in [0.25, 0.3) is 0 Å². The molecule has 0 unspecified atom stereocenters. The summed E-state index contributed by atoms with van der Waals surface area (Å²) >= 11 is 0. The van der Waals surface area contributed by atoms with E-state index in [9.17, 15) is 14.4 Å². The predicted octanol–water partition coefficient (Wildman–Crippen LogP) is 0.755. The molecule has 0 bridgehead atoms. The van der Waals surface area contributed by atoms with E-state index in [1.807, 2.05) is 42.5 Å². The van der Waals surface area contributed by atoms with Crippen LogP contribution in [-0.4, -0.2) is 15.3 Å². The molecule has 0 radical (unpaired) electrons. The van der Waals surface area contributed by atoms with E-state index < -0.39 is 7.60 Å². The lowest BCUT2D eigenvalue weighted by molar-refractivity contribution is -0.671. The van der Waals surface area contributed by atoms with Gasteiger partial charge in [0.15, 0.2) is 0 Å². The molecule has 0 aliphatic carbocycles. The maximum atomic E-state index is 9.98. The zero-order chi connectivity index (χ0) is 19.3. The fraction of sp³-hybridized carbons (Fsp3) is 0.647. The molecule has 0 saturated carbocycles. The van der Waals surface area contributed by atoms with Crippen molar-refractivity contribution in [3.63, 3.8) is 0 Å². The summed E-state index contributed by atoms with van der Waals surface area (Å²) in [4.78, 5) is 20.0. The highest BCUT2D eigenvalue weighted by Crippen LogP contribution is 2.24. The van der Waals surface area contributed by atoms with Gasteiger partial charge in [0, 0.05) is 0 Å². The average molecular weight is 372 g/mol. The molecule has 144 valence electrons. The van der Waals surface area contributed by atoms with E-state index in [2.05, 4.69) is 48.0 Å². The number of aryl methyl sites for hydroxylation is 4. The Kier molecular flexibility index (Phi) is 12.1. The summed E-state index contributed by atoms with van der Waals surface area (Å²) in [7, 11) is -0.155. The lowest BCUT2D eigenvalue weighted by atomic mass is 10.3. The Bertz CT molecular complexity index is 579. The first-order valence-electron chi connectivity index (χ1n) is 8.74. The van der Waals surface area contributed by atoms with Gasteiger partial charge in [0.2, 0.25) is 12.7 Å². The van der Waals surface area contributed by atoms with Crippen molar-refractivity contribution in [2.24, 2.45) is 14.1 Å². The van der Waals surface area contributed by atoms with Crippen LogP contribution < -0.4 is 18.9 Å². The summed E-state index contributed by atoms with van der Waals surface area (Å²) in [6.45, 7) is 8.32. The number of hydrogen-bond acceptors (Lipinski definition) is 3. The summed E-state index contributed by atoms with van der Waals surface area (Å²) in [5.74, 6) is 0. The molecule has 0 amide bonds. The third-order valence-electron chi connectivity index (χ3n) is 3.41. The molecule has 2 aromatic heterocycles. The average Bonchev–Trinajstić information content (AvgIpc) is 3.15. The Hall–Kier alpha value is -1.43. The van der Waals surface area contributed by atoms with Gasteiger partial charge in [0.1, 0.15) is 24.8 Å². The highest BCUT2D eigenvalue weighted by atomic mass is 31.2. The van der Waals surface area contributed by atoms with Crippen molar-refractivity contribution in [2.75, 3.05) is 6.16 Å². The molecular weight excluding hydrogens is 339 g/mol. The van der Waals surface area contributed by atoms with Gasteiger partial charge in [-0.15, -0.1) is 0 Å². The Morgan fingerprint density at radius 2 is 1.32 bits per heavy atom. The third kappa shape index (κ3) is 13.5. The quantitative estimate of drug-likeness (QED) is 0.426. The van der Waals surface area contributed by atoms with Crippen molar-refractivity contribution in [1.82, 2.24) is 9.13 Å². The molecule has 0 aromatic carbocycles. The van der Waals surface area contributed by atoms with E-state index in [0.29, 0.717) is 6.42 Å². The second kappa shape index (κ2) is 12.9. The van der Waals surface area contributed by atoms with Crippen molar-refractivity contribution in [3.8, 4) is 0 Å². The van der Waals surface area contributed by atoms with Gasteiger partial charge in [-0.3, -0.25) is 0 Å². The van der Waals surface area contributed by atoms with Crippen LogP contribution in [-0.2, 0) is 31.7 Å². The largest absolute Gasteiger partial charge is 0.811 e. The first-order valence-corrected chi connectivity index (χ1v) is 10.5. The maximum absolute atomic E-state index is 9.98. The van der Waals surface area contributed by atoms with Gasteiger partial charge in [-0.05, 0) is 26.4 Å². The fourth-order valence-corrected chi connectivity index (χ4v) is 2.54. The molecule has 2 aromatic rings. The molecule has 0 saturated heterocycles. The fourth-order valence-electron chi connectivity index (χ4n) is 1.93.